The minimum Gasteiger partial charge on any atom is -0.368 e. The molecule has 1 saturated heterocycles. The molecule has 1 aromatic carbocycles. The molecule has 2 N–H and O–H groups in total. The van der Waals surface area contributed by atoms with Crippen molar-refractivity contribution >= 4 is 35.6 Å². The summed E-state index contributed by atoms with van der Waals surface area (Å²) in [5.41, 5.74) is 1.21. The van der Waals surface area contributed by atoms with E-state index in [1.165, 1.54) is 12.1 Å². The SMILES string of the molecule is CN=C(NCCNC(C)(C)C)N1CCN(c2ccc(F)cc2)CC1.I. The van der Waals surface area contributed by atoms with Gasteiger partial charge >= 0.3 is 0 Å². The molecule has 0 aliphatic carbocycles. The van der Waals surface area contributed by atoms with Crippen molar-refractivity contribution < 1.29 is 4.39 Å². The third-order valence-electron chi connectivity index (χ3n) is 4.05. The minimum absolute atomic E-state index is 0. The second-order valence-electron chi connectivity index (χ2n) is 7.10. The summed E-state index contributed by atoms with van der Waals surface area (Å²) < 4.78 is 13.0. The Hall–Kier alpha value is -1.09. The number of hydrogen-bond acceptors (Lipinski definition) is 3. The average Bonchev–Trinajstić information content (AvgIpc) is 2.55. The smallest absolute Gasteiger partial charge is 0.193 e. The minimum atomic E-state index is -0.189. The fourth-order valence-corrected chi connectivity index (χ4v) is 2.77. The van der Waals surface area contributed by atoms with Crippen molar-refractivity contribution in [1.82, 2.24) is 15.5 Å². The van der Waals surface area contributed by atoms with Crippen molar-refractivity contribution in [2.45, 2.75) is 26.3 Å². The molecule has 0 aromatic heterocycles. The van der Waals surface area contributed by atoms with Gasteiger partial charge in [-0.2, -0.15) is 0 Å². The van der Waals surface area contributed by atoms with Crippen LogP contribution in [0.1, 0.15) is 20.8 Å². The van der Waals surface area contributed by atoms with Gasteiger partial charge in [-0.15, -0.1) is 24.0 Å². The second kappa shape index (κ2) is 10.2. The van der Waals surface area contributed by atoms with Crippen molar-refractivity contribution in [3.63, 3.8) is 0 Å². The first-order chi connectivity index (χ1) is 11.4. The zero-order valence-corrected chi connectivity index (χ0v) is 18.0. The van der Waals surface area contributed by atoms with E-state index in [-0.39, 0.29) is 35.3 Å². The van der Waals surface area contributed by atoms with Crippen molar-refractivity contribution in [1.29, 1.82) is 0 Å². The maximum absolute atomic E-state index is 13.0. The van der Waals surface area contributed by atoms with E-state index < -0.39 is 0 Å². The standard InChI is InChI=1S/C18H30FN5.HI/c1-18(2,3)22-10-9-21-17(20-4)24-13-11-23(12-14-24)16-7-5-15(19)6-8-16;/h5-8,22H,9-14H2,1-4H3,(H,20,21);1H. The van der Waals surface area contributed by atoms with Crippen molar-refractivity contribution in [2.24, 2.45) is 4.99 Å². The van der Waals surface area contributed by atoms with E-state index in [1.807, 2.05) is 19.2 Å². The molecule has 142 valence electrons. The van der Waals surface area contributed by atoms with E-state index >= 15 is 0 Å². The molecule has 0 atom stereocenters. The van der Waals surface area contributed by atoms with Gasteiger partial charge in [0.05, 0.1) is 0 Å². The van der Waals surface area contributed by atoms with Gasteiger partial charge in [0.25, 0.3) is 0 Å². The highest BCUT2D eigenvalue weighted by Gasteiger charge is 2.19. The number of hydrogen-bond donors (Lipinski definition) is 2. The van der Waals surface area contributed by atoms with Crippen LogP contribution in [-0.4, -0.2) is 62.7 Å². The van der Waals surface area contributed by atoms with E-state index in [9.17, 15) is 4.39 Å². The predicted molar refractivity (Wildman–Crippen MR) is 115 cm³/mol. The van der Waals surface area contributed by atoms with Gasteiger partial charge in [-0.05, 0) is 45.0 Å². The van der Waals surface area contributed by atoms with Crippen LogP contribution in [0.15, 0.2) is 29.3 Å². The highest BCUT2D eigenvalue weighted by molar-refractivity contribution is 14.0. The summed E-state index contributed by atoms with van der Waals surface area (Å²) in [5.74, 6) is 0.760. The molecule has 2 rings (SSSR count). The second-order valence-corrected chi connectivity index (χ2v) is 7.10. The van der Waals surface area contributed by atoms with E-state index in [4.69, 9.17) is 0 Å². The Morgan fingerprint density at radius 3 is 2.20 bits per heavy atom. The number of guanidine groups is 1. The third-order valence-corrected chi connectivity index (χ3v) is 4.05. The summed E-state index contributed by atoms with van der Waals surface area (Å²) in [6.45, 7) is 11.9. The summed E-state index contributed by atoms with van der Waals surface area (Å²) in [5, 5.41) is 6.88. The molecule has 0 spiro atoms. The number of aliphatic imine (C=N–C) groups is 1. The third kappa shape index (κ3) is 7.35. The van der Waals surface area contributed by atoms with Crippen molar-refractivity contribution in [3.05, 3.63) is 30.1 Å². The maximum Gasteiger partial charge on any atom is 0.193 e. The summed E-state index contributed by atoms with van der Waals surface area (Å²) in [7, 11) is 1.83. The van der Waals surface area contributed by atoms with E-state index in [0.717, 1.165) is 50.9 Å². The zero-order valence-electron chi connectivity index (χ0n) is 15.7. The molecular formula is C18H31FIN5. The van der Waals surface area contributed by atoms with Gasteiger partial charge in [0.1, 0.15) is 5.82 Å². The Balaban J connectivity index is 0.00000312. The monoisotopic (exact) mass is 463 g/mol. The lowest BCUT2D eigenvalue weighted by Crippen LogP contribution is -2.53. The molecule has 0 unspecified atom stereocenters. The molecule has 1 aliphatic rings. The van der Waals surface area contributed by atoms with Gasteiger partial charge in [-0.25, -0.2) is 4.39 Å². The Morgan fingerprint density at radius 1 is 1.08 bits per heavy atom. The summed E-state index contributed by atoms with van der Waals surface area (Å²) in [4.78, 5) is 8.95. The Morgan fingerprint density at radius 2 is 1.68 bits per heavy atom. The van der Waals surface area contributed by atoms with Gasteiger partial charge in [0, 0.05) is 57.5 Å². The van der Waals surface area contributed by atoms with Gasteiger partial charge in [-0.1, -0.05) is 0 Å². The number of nitrogens with one attached hydrogen (secondary N) is 2. The first-order valence-electron chi connectivity index (χ1n) is 8.60. The fraction of sp³-hybridized carbons (Fsp3) is 0.611. The summed E-state index contributed by atoms with van der Waals surface area (Å²) >= 11 is 0. The highest BCUT2D eigenvalue weighted by Crippen LogP contribution is 2.16. The van der Waals surface area contributed by atoms with Crippen LogP contribution in [0.2, 0.25) is 0 Å². The number of rotatable bonds is 4. The Kier molecular flexibility index (Phi) is 8.92. The highest BCUT2D eigenvalue weighted by atomic mass is 127. The molecule has 7 heteroatoms. The largest absolute Gasteiger partial charge is 0.368 e. The molecule has 0 amide bonds. The van der Waals surface area contributed by atoms with Gasteiger partial charge in [0.2, 0.25) is 0 Å². The fourth-order valence-electron chi connectivity index (χ4n) is 2.77. The van der Waals surface area contributed by atoms with E-state index in [2.05, 4.69) is 46.2 Å². The van der Waals surface area contributed by atoms with Crippen LogP contribution in [0.5, 0.6) is 0 Å². The quantitative estimate of drug-likeness (QED) is 0.312. The van der Waals surface area contributed by atoms with Crippen LogP contribution in [0.3, 0.4) is 0 Å². The first kappa shape index (κ1) is 22.0. The Labute approximate surface area is 168 Å². The summed E-state index contributed by atoms with van der Waals surface area (Å²) in [6, 6.07) is 6.72. The molecule has 5 nitrogen and oxygen atoms in total. The molecule has 1 fully saturated rings. The van der Waals surface area contributed by atoms with Gasteiger partial charge in [0.15, 0.2) is 5.96 Å². The lowest BCUT2D eigenvalue weighted by Gasteiger charge is -2.37. The Bertz CT molecular complexity index is 533. The lowest BCUT2D eigenvalue weighted by molar-refractivity contribution is 0.369. The molecule has 0 bridgehead atoms. The molecule has 1 aliphatic heterocycles. The van der Waals surface area contributed by atoms with Crippen LogP contribution in [-0.2, 0) is 0 Å². The first-order valence-corrected chi connectivity index (χ1v) is 8.60. The van der Waals surface area contributed by atoms with Gasteiger partial charge < -0.3 is 20.4 Å². The molecule has 0 saturated carbocycles. The number of nitrogens with zero attached hydrogens (tertiary/aromatic N) is 3. The zero-order chi connectivity index (χ0) is 17.6. The van der Waals surface area contributed by atoms with Gasteiger partial charge in [-0.3, -0.25) is 4.99 Å². The van der Waals surface area contributed by atoms with Crippen LogP contribution >= 0.6 is 24.0 Å². The van der Waals surface area contributed by atoms with Crippen LogP contribution in [0, 0.1) is 5.82 Å². The average molecular weight is 463 g/mol. The number of piperazine rings is 1. The van der Waals surface area contributed by atoms with Crippen molar-refractivity contribution in [2.75, 3.05) is 51.2 Å². The molecule has 1 heterocycles. The molecule has 25 heavy (non-hydrogen) atoms. The number of anilines is 1. The molecule has 1 aromatic rings. The maximum atomic E-state index is 13.0. The van der Waals surface area contributed by atoms with Crippen LogP contribution in [0.4, 0.5) is 10.1 Å². The van der Waals surface area contributed by atoms with Crippen LogP contribution < -0.4 is 15.5 Å². The van der Waals surface area contributed by atoms with Crippen molar-refractivity contribution in [3.8, 4) is 0 Å². The molecular weight excluding hydrogens is 432 g/mol. The normalized spacial score (nSPS) is 15.8. The summed E-state index contributed by atoms with van der Waals surface area (Å²) in [6.07, 6.45) is 0. The van der Waals surface area contributed by atoms with E-state index in [0.29, 0.717) is 0 Å². The number of benzene rings is 1. The predicted octanol–water partition coefficient (Wildman–Crippen LogP) is 2.53. The topological polar surface area (TPSA) is 42.9 Å². The number of halogens is 2. The lowest BCUT2D eigenvalue weighted by atomic mass is 10.1. The van der Waals surface area contributed by atoms with Crippen LogP contribution in [0.25, 0.3) is 0 Å². The van der Waals surface area contributed by atoms with E-state index in [1.54, 1.807) is 0 Å². The molecule has 0 radical (unpaired) electrons.